The third-order valence-electron chi connectivity index (χ3n) is 2.88. The molecule has 0 saturated carbocycles. The van der Waals surface area contributed by atoms with Crippen LogP contribution < -0.4 is 5.56 Å². The Kier molecular flexibility index (Phi) is 1.57. The number of nitrogens with zero attached hydrogens (tertiary/aromatic N) is 1. The van der Waals surface area contributed by atoms with Crippen molar-refractivity contribution in [2.24, 2.45) is 0 Å². The molecule has 3 heteroatoms. The predicted molar refractivity (Wildman–Crippen MR) is 56.3 cm³/mol. The number of aromatic nitrogens is 1. The molecule has 0 amide bonds. The van der Waals surface area contributed by atoms with Gasteiger partial charge in [0.1, 0.15) is 0 Å². The van der Waals surface area contributed by atoms with Crippen molar-refractivity contribution in [2.45, 2.75) is 12.8 Å². The van der Waals surface area contributed by atoms with E-state index in [4.69, 9.17) is 0 Å². The van der Waals surface area contributed by atoms with Gasteiger partial charge in [-0.2, -0.15) is 0 Å². The van der Waals surface area contributed by atoms with Crippen LogP contribution in [0.25, 0.3) is 5.52 Å². The van der Waals surface area contributed by atoms with Gasteiger partial charge in [-0.3, -0.25) is 14.0 Å². The summed E-state index contributed by atoms with van der Waals surface area (Å²) in [5, 5.41) is 0. The SMILES string of the molecule is O=C1CCc2ccc(=O)n3cccc1c23. The summed E-state index contributed by atoms with van der Waals surface area (Å²) in [4.78, 5) is 23.2. The molecule has 74 valence electrons. The number of Topliss-reactive ketones (excluding diaryl/α,β-unsaturated/α-hetero) is 1. The van der Waals surface area contributed by atoms with E-state index in [0.717, 1.165) is 17.5 Å². The van der Waals surface area contributed by atoms with Crippen molar-refractivity contribution in [1.82, 2.24) is 4.40 Å². The molecule has 0 saturated heterocycles. The number of pyridine rings is 2. The van der Waals surface area contributed by atoms with Crippen molar-refractivity contribution in [1.29, 1.82) is 0 Å². The fraction of sp³-hybridized carbons (Fsp3) is 0.167. The first-order valence-corrected chi connectivity index (χ1v) is 4.94. The number of carbonyl (C=O) groups is 1. The average Bonchev–Trinajstić information content (AvgIpc) is 2.27. The third-order valence-corrected chi connectivity index (χ3v) is 2.88. The van der Waals surface area contributed by atoms with E-state index in [1.165, 1.54) is 0 Å². The van der Waals surface area contributed by atoms with Crippen molar-refractivity contribution >= 4 is 11.3 Å². The Morgan fingerprint density at radius 3 is 2.80 bits per heavy atom. The standard InChI is InChI=1S/C12H9NO2/c14-10-5-3-8-4-6-11(15)13-7-1-2-9(10)12(8)13/h1-2,4,6-7H,3,5H2. The highest BCUT2D eigenvalue weighted by Gasteiger charge is 2.19. The summed E-state index contributed by atoms with van der Waals surface area (Å²) in [6, 6.07) is 6.92. The Morgan fingerprint density at radius 2 is 1.93 bits per heavy atom. The van der Waals surface area contributed by atoms with Crippen molar-refractivity contribution in [3.05, 3.63) is 51.9 Å². The first-order chi connectivity index (χ1) is 7.27. The highest BCUT2D eigenvalue weighted by atomic mass is 16.1. The third kappa shape index (κ3) is 1.06. The molecule has 0 aliphatic heterocycles. The molecule has 3 rings (SSSR count). The van der Waals surface area contributed by atoms with Gasteiger partial charge in [-0.1, -0.05) is 6.07 Å². The second-order valence-electron chi connectivity index (χ2n) is 3.76. The minimum Gasteiger partial charge on any atom is -0.294 e. The molecule has 0 spiro atoms. The second kappa shape index (κ2) is 2.79. The molecule has 2 aromatic heterocycles. The minimum atomic E-state index is -0.0784. The van der Waals surface area contributed by atoms with E-state index in [0.29, 0.717) is 12.0 Å². The molecule has 15 heavy (non-hydrogen) atoms. The Hall–Kier alpha value is -1.90. The summed E-state index contributed by atoms with van der Waals surface area (Å²) in [6.45, 7) is 0. The fourth-order valence-corrected chi connectivity index (χ4v) is 2.16. The minimum absolute atomic E-state index is 0.0784. The molecule has 0 fully saturated rings. The lowest BCUT2D eigenvalue weighted by Gasteiger charge is -2.15. The van der Waals surface area contributed by atoms with E-state index in [1.807, 2.05) is 6.07 Å². The Morgan fingerprint density at radius 1 is 1.07 bits per heavy atom. The van der Waals surface area contributed by atoms with Crippen molar-refractivity contribution in [2.75, 3.05) is 0 Å². The van der Waals surface area contributed by atoms with Gasteiger partial charge in [0.05, 0.1) is 5.52 Å². The Labute approximate surface area is 86.0 Å². The molecule has 2 heterocycles. The number of ketones is 1. The second-order valence-corrected chi connectivity index (χ2v) is 3.76. The number of carbonyl (C=O) groups excluding carboxylic acids is 1. The molecule has 0 N–H and O–H groups in total. The molecule has 0 unspecified atom stereocenters. The summed E-state index contributed by atoms with van der Waals surface area (Å²) >= 11 is 0. The maximum atomic E-state index is 11.7. The zero-order valence-corrected chi connectivity index (χ0v) is 8.06. The van der Waals surface area contributed by atoms with E-state index in [1.54, 1.807) is 28.8 Å². The number of hydrogen-bond donors (Lipinski definition) is 0. The van der Waals surface area contributed by atoms with Crippen LogP contribution >= 0.6 is 0 Å². The number of aryl methyl sites for hydroxylation is 1. The van der Waals surface area contributed by atoms with Crippen LogP contribution in [-0.4, -0.2) is 10.2 Å². The molecule has 3 nitrogen and oxygen atoms in total. The average molecular weight is 199 g/mol. The van der Waals surface area contributed by atoms with Gasteiger partial charge in [0.15, 0.2) is 5.78 Å². The largest absolute Gasteiger partial charge is 0.294 e. The fourth-order valence-electron chi connectivity index (χ4n) is 2.16. The van der Waals surface area contributed by atoms with Crippen LogP contribution in [0.5, 0.6) is 0 Å². The van der Waals surface area contributed by atoms with Crippen molar-refractivity contribution in [3.8, 4) is 0 Å². The molecule has 0 radical (unpaired) electrons. The van der Waals surface area contributed by atoms with Gasteiger partial charge in [-0.25, -0.2) is 0 Å². The quantitative estimate of drug-likeness (QED) is 0.643. The lowest BCUT2D eigenvalue weighted by molar-refractivity contribution is 0.0981. The van der Waals surface area contributed by atoms with Gasteiger partial charge in [0.2, 0.25) is 0 Å². The zero-order valence-electron chi connectivity index (χ0n) is 8.06. The molecular weight excluding hydrogens is 190 g/mol. The molecule has 0 aromatic carbocycles. The summed E-state index contributed by atoms with van der Waals surface area (Å²) in [5.74, 6) is 0.131. The van der Waals surface area contributed by atoms with Crippen LogP contribution in [0.3, 0.4) is 0 Å². The topological polar surface area (TPSA) is 38.5 Å². The van der Waals surface area contributed by atoms with Crippen LogP contribution in [0.2, 0.25) is 0 Å². The Bertz CT molecular complexity index is 625. The lowest BCUT2D eigenvalue weighted by atomic mass is 9.94. The van der Waals surface area contributed by atoms with E-state index < -0.39 is 0 Å². The summed E-state index contributed by atoms with van der Waals surface area (Å²) in [6.07, 6.45) is 2.99. The van der Waals surface area contributed by atoms with Crippen LogP contribution in [0.4, 0.5) is 0 Å². The summed E-state index contributed by atoms with van der Waals surface area (Å²) < 4.78 is 1.56. The molecule has 1 aliphatic carbocycles. The van der Waals surface area contributed by atoms with Gasteiger partial charge in [-0.15, -0.1) is 0 Å². The van der Waals surface area contributed by atoms with Gasteiger partial charge in [0.25, 0.3) is 5.56 Å². The zero-order chi connectivity index (χ0) is 10.4. The van der Waals surface area contributed by atoms with E-state index >= 15 is 0 Å². The molecular formula is C12H9NO2. The molecule has 0 atom stereocenters. The van der Waals surface area contributed by atoms with E-state index in [9.17, 15) is 9.59 Å². The molecule has 0 bridgehead atoms. The van der Waals surface area contributed by atoms with Gasteiger partial charge in [0, 0.05) is 24.2 Å². The lowest BCUT2D eigenvalue weighted by Crippen LogP contribution is -2.19. The highest BCUT2D eigenvalue weighted by Crippen LogP contribution is 2.23. The highest BCUT2D eigenvalue weighted by molar-refractivity contribution is 6.04. The maximum absolute atomic E-state index is 11.7. The number of rotatable bonds is 0. The van der Waals surface area contributed by atoms with Crippen LogP contribution in [0.1, 0.15) is 22.3 Å². The first kappa shape index (κ1) is 8.41. The van der Waals surface area contributed by atoms with Crippen LogP contribution in [0, 0.1) is 0 Å². The van der Waals surface area contributed by atoms with Gasteiger partial charge < -0.3 is 0 Å². The smallest absolute Gasteiger partial charge is 0.255 e. The first-order valence-electron chi connectivity index (χ1n) is 4.94. The van der Waals surface area contributed by atoms with Crippen LogP contribution in [0.15, 0.2) is 35.3 Å². The van der Waals surface area contributed by atoms with Gasteiger partial charge in [-0.05, 0) is 24.1 Å². The van der Waals surface area contributed by atoms with Crippen LogP contribution in [-0.2, 0) is 6.42 Å². The summed E-state index contributed by atoms with van der Waals surface area (Å²) in [5.41, 5.74) is 2.48. The molecule has 2 aromatic rings. The monoisotopic (exact) mass is 199 g/mol. The molecule has 1 aliphatic rings. The maximum Gasteiger partial charge on any atom is 0.255 e. The number of hydrogen-bond acceptors (Lipinski definition) is 2. The van der Waals surface area contributed by atoms with E-state index in [2.05, 4.69) is 0 Å². The van der Waals surface area contributed by atoms with Crippen molar-refractivity contribution < 1.29 is 4.79 Å². The normalized spacial score (nSPS) is 14.5. The summed E-state index contributed by atoms with van der Waals surface area (Å²) in [7, 11) is 0. The Balaban J connectivity index is 2.59. The van der Waals surface area contributed by atoms with Crippen molar-refractivity contribution in [3.63, 3.8) is 0 Å². The predicted octanol–water partition coefficient (Wildman–Crippen LogP) is 1.43. The van der Waals surface area contributed by atoms with Gasteiger partial charge >= 0.3 is 0 Å². The van der Waals surface area contributed by atoms with E-state index in [-0.39, 0.29) is 11.3 Å².